The van der Waals surface area contributed by atoms with Crippen LogP contribution in [0.4, 0.5) is 5.69 Å². The van der Waals surface area contributed by atoms with E-state index in [0.29, 0.717) is 5.11 Å². The summed E-state index contributed by atoms with van der Waals surface area (Å²) in [5.74, 6) is 0. The lowest BCUT2D eigenvalue weighted by Gasteiger charge is -2.08. The number of anilines is 1. The van der Waals surface area contributed by atoms with Crippen LogP contribution in [0, 0.1) is 6.92 Å². The van der Waals surface area contributed by atoms with Gasteiger partial charge in [0.2, 0.25) is 0 Å². The number of allylic oxidation sites excluding steroid dienone is 1. The highest BCUT2D eigenvalue weighted by Gasteiger charge is 1.97. The number of thiocarbonyl (C=S) groups is 1. The molecule has 0 atom stereocenters. The molecule has 0 fully saturated rings. The van der Waals surface area contributed by atoms with E-state index in [1.807, 2.05) is 44.2 Å². The monoisotopic (exact) mass is 261 g/mol. The van der Waals surface area contributed by atoms with Crippen molar-refractivity contribution in [2.45, 2.75) is 26.7 Å². The average Bonchev–Trinajstić information content (AvgIpc) is 2.34. The van der Waals surface area contributed by atoms with Gasteiger partial charge in [-0.3, -0.25) is 5.43 Å². The van der Waals surface area contributed by atoms with Crippen LogP contribution >= 0.6 is 12.2 Å². The van der Waals surface area contributed by atoms with Crippen LogP contribution in [-0.4, -0.2) is 10.8 Å². The Hall–Kier alpha value is -1.68. The Kier molecular flexibility index (Phi) is 6.08. The highest BCUT2D eigenvalue weighted by molar-refractivity contribution is 7.80. The summed E-state index contributed by atoms with van der Waals surface area (Å²) >= 11 is 5.16. The molecular weight excluding hydrogens is 242 g/mol. The number of rotatable bonds is 5. The van der Waals surface area contributed by atoms with Gasteiger partial charge in [-0.25, -0.2) is 0 Å². The molecule has 4 heteroatoms. The highest BCUT2D eigenvalue weighted by atomic mass is 32.1. The van der Waals surface area contributed by atoms with Crippen molar-refractivity contribution in [2.24, 2.45) is 5.10 Å². The van der Waals surface area contributed by atoms with E-state index in [2.05, 4.69) is 22.4 Å². The van der Waals surface area contributed by atoms with E-state index >= 15 is 0 Å². The van der Waals surface area contributed by atoms with Crippen molar-refractivity contribution >= 4 is 28.7 Å². The van der Waals surface area contributed by atoms with Crippen LogP contribution in [-0.2, 0) is 0 Å². The molecule has 0 saturated heterocycles. The lowest BCUT2D eigenvalue weighted by Crippen LogP contribution is -2.24. The number of nitrogens with one attached hydrogen (secondary N) is 2. The molecule has 1 aromatic rings. The zero-order chi connectivity index (χ0) is 13.4. The lowest BCUT2D eigenvalue weighted by molar-refractivity contribution is 0.991. The number of hydrogen-bond donors (Lipinski definition) is 2. The van der Waals surface area contributed by atoms with Gasteiger partial charge in [-0.15, -0.1) is 6.58 Å². The summed E-state index contributed by atoms with van der Waals surface area (Å²) in [5, 5.41) is 7.78. The maximum atomic E-state index is 5.16. The molecule has 2 N–H and O–H groups in total. The summed E-state index contributed by atoms with van der Waals surface area (Å²) in [4.78, 5) is 0. The largest absolute Gasteiger partial charge is 0.331 e. The van der Waals surface area contributed by atoms with Crippen LogP contribution in [0.1, 0.15) is 25.3 Å². The molecule has 18 heavy (non-hydrogen) atoms. The first-order valence-corrected chi connectivity index (χ1v) is 6.30. The van der Waals surface area contributed by atoms with Crippen molar-refractivity contribution in [1.29, 1.82) is 0 Å². The first kappa shape index (κ1) is 14.4. The van der Waals surface area contributed by atoms with E-state index in [1.54, 1.807) is 0 Å². The van der Waals surface area contributed by atoms with Crippen LogP contribution in [0.25, 0.3) is 0 Å². The van der Waals surface area contributed by atoms with Crippen molar-refractivity contribution in [3.05, 3.63) is 42.5 Å². The van der Waals surface area contributed by atoms with Gasteiger partial charge in [-0.1, -0.05) is 18.2 Å². The fraction of sp³-hybridized carbons (Fsp3) is 0.286. The highest BCUT2D eigenvalue weighted by Crippen LogP contribution is 2.09. The quantitative estimate of drug-likeness (QED) is 0.368. The van der Waals surface area contributed by atoms with Crippen LogP contribution in [0.2, 0.25) is 0 Å². The summed E-state index contributed by atoms with van der Waals surface area (Å²) in [6.45, 7) is 7.68. The van der Waals surface area contributed by atoms with Gasteiger partial charge < -0.3 is 5.32 Å². The first-order chi connectivity index (χ1) is 8.61. The van der Waals surface area contributed by atoms with Crippen molar-refractivity contribution in [2.75, 3.05) is 5.32 Å². The predicted octanol–water partition coefficient (Wildman–Crippen LogP) is 3.62. The summed E-state index contributed by atoms with van der Waals surface area (Å²) in [6.07, 6.45) is 3.70. The third-order valence-electron chi connectivity index (χ3n) is 2.33. The van der Waals surface area contributed by atoms with Gasteiger partial charge >= 0.3 is 0 Å². The van der Waals surface area contributed by atoms with Gasteiger partial charge in [0.25, 0.3) is 0 Å². The smallest absolute Gasteiger partial charge is 0.191 e. The third kappa shape index (κ3) is 5.59. The lowest BCUT2D eigenvalue weighted by atomic mass is 10.2. The Morgan fingerprint density at radius 3 is 2.94 bits per heavy atom. The Morgan fingerprint density at radius 2 is 2.28 bits per heavy atom. The molecule has 1 aromatic carbocycles. The number of nitrogens with zero attached hydrogens (tertiary/aromatic N) is 1. The van der Waals surface area contributed by atoms with E-state index < -0.39 is 0 Å². The second-order valence-electron chi connectivity index (χ2n) is 4.11. The van der Waals surface area contributed by atoms with Crippen molar-refractivity contribution in [3.63, 3.8) is 0 Å². The normalized spacial score (nSPS) is 10.9. The Labute approximate surface area is 114 Å². The molecule has 0 heterocycles. The SMILES string of the molecule is C=CCCC(C)=NNC(=S)Nc1cccc(C)c1. The number of hydrazone groups is 1. The molecule has 0 aliphatic carbocycles. The van der Waals surface area contributed by atoms with Crippen LogP contribution in [0.5, 0.6) is 0 Å². The van der Waals surface area contributed by atoms with Crippen molar-refractivity contribution in [3.8, 4) is 0 Å². The number of hydrogen-bond acceptors (Lipinski definition) is 2. The molecule has 96 valence electrons. The molecule has 3 nitrogen and oxygen atoms in total. The van der Waals surface area contributed by atoms with Gasteiger partial charge in [0.1, 0.15) is 0 Å². The fourth-order valence-electron chi connectivity index (χ4n) is 1.39. The maximum Gasteiger partial charge on any atom is 0.191 e. The second-order valence-corrected chi connectivity index (χ2v) is 4.52. The molecular formula is C14H19N3S. The van der Waals surface area contributed by atoms with Gasteiger partial charge in [0.15, 0.2) is 5.11 Å². The summed E-state index contributed by atoms with van der Waals surface area (Å²) < 4.78 is 0. The fourth-order valence-corrected chi connectivity index (χ4v) is 1.56. The van der Waals surface area contributed by atoms with Gasteiger partial charge in [0.05, 0.1) is 0 Å². The first-order valence-electron chi connectivity index (χ1n) is 5.89. The number of benzene rings is 1. The Bertz CT molecular complexity index is 452. The third-order valence-corrected chi connectivity index (χ3v) is 2.53. The minimum absolute atomic E-state index is 0.499. The van der Waals surface area contributed by atoms with E-state index in [-0.39, 0.29) is 0 Å². The van der Waals surface area contributed by atoms with Crippen LogP contribution in [0.3, 0.4) is 0 Å². The van der Waals surface area contributed by atoms with Gasteiger partial charge in [0, 0.05) is 11.4 Å². The zero-order valence-corrected chi connectivity index (χ0v) is 11.7. The van der Waals surface area contributed by atoms with E-state index in [1.165, 1.54) is 5.56 Å². The molecule has 0 bridgehead atoms. The summed E-state index contributed by atoms with van der Waals surface area (Å²) in [5.41, 5.74) is 5.99. The van der Waals surface area contributed by atoms with E-state index in [0.717, 1.165) is 24.2 Å². The molecule has 0 amide bonds. The summed E-state index contributed by atoms with van der Waals surface area (Å²) in [6, 6.07) is 8.02. The molecule has 0 aliphatic rings. The van der Waals surface area contributed by atoms with Crippen LogP contribution < -0.4 is 10.7 Å². The van der Waals surface area contributed by atoms with Gasteiger partial charge in [-0.2, -0.15) is 5.10 Å². The topological polar surface area (TPSA) is 36.4 Å². The molecule has 0 unspecified atom stereocenters. The van der Waals surface area contributed by atoms with Crippen molar-refractivity contribution < 1.29 is 0 Å². The zero-order valence-electron chi connectivity index (χ0n) is 10.9. The average molecular weight is 261 g/mol. The Balaban J connectivity index is 2.44. The maximum absolute atomic E-state index is 5.16. The van der Waals surface area contributed by atoms with Crippen molar-refractivity contribution in [1.82, 2.24) is 5.43 Å². The minimum atomic E-state index is 0.499. The van der Waals surface area contributed by atoms with E-state index in [9.17, 15) is 0 Å². The minimum Gasteiger partial charge on any atom is -0.331 e. The Morgan fingerprint density at radius 1 is 1.50 bits per heavy atom. The molecule has 0 aliphatic heterocycles. The molecule has 0 aromatic heterocycles. The second kappa shape index (κ2) is 7.61. The van der Waals surface area contributed by atoms with Gasteiger partial charge in [-0.05, 0) is 56.6 Å². The summed E-state index contributed by atoms with van der Waals surface area (Å²) in [7, 11) is 0. The molecule has 0 radical (unpaired) electrons. The number of aryl methyl sites for hydroxylation is 1. The predicted molar refractivity (Wildman–Crippen MR) is 83.1 cm³/mol. The molecule has 1 rings (SSSR count). The molecule has 0 spiro atoms. The van der Waals surface area contributed by atoms with Crippen LogP contribution in [0.15, 0.2) is 42.0 Å². The standard InChI is InChI=1S/C14H19N3S/c1-4-5-8-12(3)16-17-14(18)15-13-9-6-7-11(2)10-13/h4,6-7,9-10H,1,5,8H2,2-3H3,(H2,15,17,18). The van der Waals surface area contributed by atoms with E-state index in [4.69, 9.17) is 12.2 Å². The molecule has 0 saturated carbocycles.